The number of carbonyl (C=O) groups excluding carboxylic acids is 1. The molecule has 0 aliphatic carbocycles. The molecule has 0 bridgehead atoms. The van der Waals surface area contributed by atoms with Crippen LogP contribution in [0.2, 0.25) is 0 Å². The van der Waals surface area contributed by atoms with Gasteiger partial charge >= 0.3 is 0 Å². The van der Waals surface area contributed by atoms with Crippen LogP contribution in [0.5, 0.6) is 0 Å². The summed E-state index contributed by atoms with van der Waals surface area (Å²) < 4.78 is 0. The molecule has 0 fully saturated rings. The van der Waals surface area contributed by atoms with E-state index in [-0.39, 0.29) is 5.91 Å². The first-order valence-electron chi connectivity index (χ1n) is 6.35. The second-order valence-corrected chi connectivity index (χ2v) is 4.20. The van der Waals surface area contributed by atoms with Crippen LogP contribution in [0.15, 0.2) is 24.3 Å². The minimum absolute atomic E-state index is 0.00507. The third-order valence-electron chi connectivity index (χ3n) is 3.02. The highest BCUT2D eigenvalue weighted by Gasteiger charge is 2.10. The van der Waals surface area contributed by atoms with Gasteiger partial charge in [-0.2, -0.15) is 0 Å². The van der Waals surface area contributed by atoms with Crippen LogP contribution in [0, 0.1) is 0 Å². The summed E-state index contributed by atoms with van der Waals surface area (Å²) >= 11 is 0. The summed E-state index contributed by atoms with van der Waals surface area (Å²) in [6, 6.07) is 7.72. The first-order valence-corrected chi connectivity index (χ1v) is 6.35. The zero-order valence-corrected chi connectivity index (χ0v) is 11.3. The van der Waals surface area contributed by atoms with E-state index in [9.17, 15) is 9.90 Å². The number of hydrogen-bond donors (Lipinski definition) is 2. The maximum atomic E-state index is 11.4. The minimum atomic E-state index is -0.409. The fraction of sp³-hybridized carbons (Fsp3) is 0.500. The Bertz CT molecular complexity index is 376. The molecule has 1 rings (SSSR count). The quantitative estimate of drug-likeness (QED) is 0.808. The second-order valence-electron chi connectivity index (χ2n) is 4.20. The number of rotatable bonds is 6. The topological polar surface area (TPSA) is 52.6 Å². The molecular weight excluding hydrogens is 228 g/mol. The zero-order valence-electron chi connectivity index (χ0n) is 11.3. The van der Waals surface area contributed by atoms with Crippen molar-refractivity contribution >= 4 is 11.6 Å². The maximum absolute atomic E-state index is 11.4. The Hall–Kier alpha value is -1.55. The zero-order chi connectivity index (χ0) is 13.5. The minimum Gasteiger partial charge on any atom is -0.388 e. The van der Waals surface area contributed by atoms with Crippen molar-refractivity contribution in [3.8, 4) is 0 Å². The third kappa shape index (κ3) is 3.74. The first-order chi connectivity index (χ1) is 8.62. The molecule has 0 aliphatic rings. The largest absolute Gasteiger partial charge is 0.388 e. The molecule has 1 amide bonds. The molecular formula is C14H22N2O2. The van der Waals surface area contributed by atoms with Gasteiger partial charge < -0.3 is 15.3 Å². The van der Waals surface area contributed by atoms with Crippen molar-refractivity contribution in [3.63, 3.8) is 0 Å². The molecule has 0 aromatic heterocycles. The molecule has 18 heavy (non-hydrogen) atoms. The summed E-state index contributed by atoms with van der Waals surface area (Å²) in [4.78, 5) is 13.4. The van der Waals surface area contributed by atoms with Gasteiger partial charge in [0.25, 0.3) is 0 Å². The normalized spacial score (nSPS) is 12.0. The van der Waals surface area contributed by atoms with Gasteiger partial charge in [0.15, 0.2) is 0 Å². The van der Waals surface area contributed by atoms with Crippen LogP contribution in [0.3, 0.4) is 0 Å². The molecule has 0 saturated carbocycles. The van der Waals surface area contributed by atoms with Crippen molar-refractivity contribution in [1.29, 1.82) is 0 Å². The number of benzene rings is 1. The average Bonchev–Trinajstić information content (AvgIpc) is 2.43. The predicted molar refractivity (Wildman–Crippen MR) is 73.6 cm³/mol. The molecule has 0 spiro atoms. The number of nitrogens with zero attached hydrogens (tertiary/aromatic N) is 1. The van der Waals surface area contributed by atoms with Crippen molar-refractivity contribution in [2.24, 2.45) is 0 Å². The number of hydrogen-bond acceptors (Lipinski definition) is 3. The van der Waals surface area contributed by atoms with Gasteiger partial charge in [-0.25, -0.2) is 0 Å². The van der Waals surface area contributed by atoms with E-state index in [1.54, 1.807) is 7.05 Å². The third-order valence-corrected chi connectivity index (χ3v) is 3.02. The average molecular weight is 250 g/mol. The number of carbonyl (C=O) groups is 1. The summed E-state index contributed by atoms with van der Waals surface area (Å²) in [6.07, 6.45) is 0.294. The van der Waals surface area contributed by atoms with Gasteiger partial charge in [-0.3, -0.25) is 4.79 Å². The smallest absolute Gasteiger partial charge is 0.239 e. The highest BCUT2D eigenvalue weighted by molar-refractivity contribution is 5.81. The Morgan fingerprint density at radius 3 is 2.39 bits per heavy atom. The number of nitrogens with one attached hydrogen (secondary N) is 1. The lowest BCUT2D eigenvalue weighted by atomic mass is 10.1. The standard InChI is InChI=1S/C14H22N2O2/c1-4-13(17)11-6-8-12(9-7-11)16(5-2)10-14(18)15-3/h6-9,13,17H,4-5,10H2,1-3H3,(H,15,18). The van der Waals surface area contributed by atoms with Gasteiger partial charge in [-0.15, -0.1) is 0 Å². The summed E-state index contributed by atoms with van der Waals surface area (Å²) in [7, 11) is 1.64. The Balaban J connectivity index is 2.78. The molecule has 0 heterocycles. The highest BCUT2D eigenvalue weighted by atomic mass is 16.3. The van der Waals surface area contributed by atoms with Gasteiger partial charge in [0, 0.05) is 19.3 Å². The fourth-order valence-electron chi connectivity index (χ4n) is 1.78. The molecule has 4 heteroatoms. The number of anilines is 1. The SMILES string of the molecule is CCC(O)c1ccc(N(CC)CC(=O)NC)cc1. The number of aliphatic hydroxyl groups is 1. The summed E-state index contributed by atoms with van der Waals surface area (Å²) in [5, 5.41) is 12.3. The van der Waals surface area contributed by atoms with Crippen LogP contribution in [0.4, 0.5) is 5.69 Å². The van der Waals surface area contributed by atoms with E-state index in [2.05, 4.69) is 5.32 Å². The Kier molecular flexibility index (Phi) is 5.65. The Labute approximate surface area is 109 Å². The molecule has 2 N–H and O–H groups in total. The van der Waals surface area contributed by atoms with E-state index in [0.29, 0.717) is 13.0 Å². The molecule has 100 valence electrons. The molecule has 0 aliphatic heterocycles. The molecule has 1 aromatic rings. The van der Waals surface area contributed by atoms with Crippen LogP contribution in [-0.2, 0) is 4.79 Å². The first kappa shape index (κ1) is 14.5. The van der Waals surface area contributed by atoms with E-state index >= 15 is 0 Å². The second kappa shape index (κ2) is 7.01. The van der Waals surface area contributed by atoms with E-state index in [4.69, 9.17) is 0 Å². The molecule has 1 atom stereocenters. The summed E-state index contributed by atoms with van der Waals surface area (Å²) in [6.45, 7) is 5.08. The van der Waals surface area contributed by atoms with E-state index < -0.39 is 6.10 Å². The lowest BCUT2D eigenvalue weighted by molar-refractivity contribution is -0.119. The van der Waals surface area contributed by atoms with Crippen molar-refractivity contribution in [3.05, 3.63) is 29.8 Å². The van der Waals surface area contributed by atoms with Gasteiger partial charge in [0.1, 0.15) is 0 Å². The van der Waals surface area contributed by atoms with Crippen LogP contribution < -0.4 is 10.2 Å². The predicted octanol–water partition coefficient (Wildman–Crippen LogP) is 1.70. The molecule has 0 radical (unpaired) electrons. The fourth-order valence-corrected chi connectivity index (χ4v) is 1.78. The Morgan fingerprint density at radius 1 is 1.33 bits per heavy atom. The molecule has 1 unspecified atom stereocenters. The maximum Gasteiger partial charge on any atom is 0.239 e. The number of likely N-dealkylation sites (N-methyl/N-ethyl adjacent to an activating group) is 2. The van der Waals surface area contributed by atoms with Crippen LogP contribution >= 0.6 is 0 Å². The van der Waals surface area contributed by atoms with Crippen molar-refractivity contribution in [2.45, 2.75) is 26.4 Å². The van der Waals surface area contributed by atoms with Crippen LogP contribution in [0.25, 0.3) is 0 Å². The van der Waals surface area contributed by atoms with Crippen molar-refractivity contribution < 1.29 is 9.90 Å². The number of aliphatic hydroxyl groups excluding tert-OH is 1. The van der Waals surface area contributed by atoms with Gasteiger partial charge in [-0.1, -0.05) is 19.1 Å². The van der Waals surface area contributed by atoms with Crippen LogP contribution in [0.1, 0.15) is 31.9 Å². The molecule has 4 nitrogen and oxygen atoms in total. The van der Waals surface area contributed by atoms with E-state index in [1.165, 1.54) is 0 Å². The highest BCUT2D eigenvalue weighted by Crippen LogP contribution is 2.20. The molecule has 1 aromatic carbocycles. The monoisotopic (exact) mass is 250 g/mol. The lowest BCUT2D eigenvalue weighted by Gasteiger charge is -2.22. The van der Waals surface area contributed by atoms with Gasteiger partial charge in [0.2, 0.25) is 5.91 Å². The van der Waals surface area contributed by atoms with Crippen molar-refractivity contribution in [2.75, 3.05) is 25.0 Å². The van der Waals surface area contributed by atoms with Gasteiger partial charge in [-0.05, 0) is 31.0 Å². The van der Waals surface area contributed by atoms with E-state index in [1.807, 2.05) is 43.0 Å². The van der Waals surface area contributed by atoms with Gasteiger partial charge in [0.05, 0.1) is 12.6 Å². The summed E-state index contributed by atoms with van der Waals surface area (Å²) in [5.41, 5.74) is 1.91. The summed E-state index contributed by atoms with van der Waals surface area (Å²) in [5.74, 6) is -0.00507. The lowest BCUT2D eigenvalue weighted by Crippen LogP contribution is -2.35. The number of amides is 1. The van der Waals surface area contributed by atoms with E-state index in [0.717, 1.165) is 17.8 Å². The van der Waals surface area contributed by atoms with Crippen molar-refractivity contribution in [1.82, 2.24) is 5.32 Å². The molecule has 0 saturated heterocycles. The van der Waals surface area contributed by atoms with Crippen LogP contribution in [-0.4, -0.2) is 31.2 Å². The Morgan fingerprint density at radius 2 is 1.94 bits per heavy atom.